The Morgan fingerprint density at radius 1 is 0.316 bits per heavy atom. The zero-order chi connectivity index (χ0) is 24.3. The second kappa shape index (κ2) is 8.61. The highest BCUT2D eigenvalue weighted by Gasteiger charge is 2.14. The first-order valence-electron chi connectivity index (χ1n) is 12.8. The molecule has 180 valence electrons. The first-order valence-corrected chi connectivity index (χ1v) is 12.8. The number of nitrogens with zero attached hydrogens (tertiary/aromatic N) is 1. The Kier molecular flexibility index (Phi) is 5.06. The number of benzene rings is 7. The van der Waals surface area contributed by atoms with E-state index >= 15 is 0 Å². The van der Waals surface area contributed by atoms with E-state index in [1.807, 2.05) is 0 Å². The van der Waals surface area contributed by atoms with Gasteiger partial charge in [0.1, 0.15) is 0 Å². The van der Waals surface area contributed by atoms with Crippen molar-refractivity contribution in [3.63, 3.8) is 0 Å². The number of fused-ring (bicyclic) bond motifs is 9. The molecule has 8 aromatic rings. The molecule has 0 saturated carbocycles. The van der Waals surface area contributed by atoms with Gasteiger partial charge in [0, 0.05) is 16.5 Å². The third-order valence-corrected chi connectivity index (χ3v) is 7.76. The Morgan fingerprint density at radius 3 is 1.42 bits per heavy atom. The topological polar surface area (TPSA) is 4.93 Å². The molecule has 7 aromatic carbocycles. The van der Waals surface area contributed by atoms with Crippen LogP contribution < -0.4 is 0 Å². The average Bonchev–Trinajstić information content (AvgIpc) is 3.31. The fourth-order valence-corrected chi connectivity index (χ4v) is 6.09. The van der Waals surface area contributed by atoms with Crippen LogP contribution in [0.25, 0.3) is 70.9 Å². The van der Waals surface area contributed by atoms with E-state index in [-0.39, 0.29) is 7.43 Å². The molecule has 38 heavy (non-hydrogen) atoms. The van der Waals surface area contributed by atoms with Gasteiger partial charge in [0.2, 0.25) is 0 Å². The van der Waals surface area contributed by atoms with E-state index in [1.165, 1.54) is 70.9 Å². The highest BCUT2D eigenvalue weighted by molar-refractivity contribution is 6.25. The van der Waals surface area contributed by atoms with Gasteiger partial charge in [0.15, 0.2) is 0 Å². The number of rotatable bonds is 2. The molecule has 1 heteroatoms. The number of para-hydroxylation sites is 2. The lowest BCUT2D eigenvalue weighted by Gasteiger charge is -2.12. The Balaban J connectivity index is 0.00000242. The second-order valence-corrected chi connectivity index (χ2v) is 9.77. The van der Waals surface area contributed by atoms with Crippen molar-refractivity contribution in [2.45, 2.75) is 0 Å². The van der Waals surface area contributed by atoms with Crippen LogP contribution in [0.3, 0.4) is 0 Å². The molecule has 0 bridgehead atoms. The zero-order valence-corrected chi connectivity index (χ0v) is 21.2. The first-order chi connectivity index (χ1) is 18.4. The average molecular weight is 485 g/mol. The van der Waals surface area contributed by atoms with E-state index in [9.17, 15) is 0 Å². The Hall–Kier alpha value is -4.88. The third kappa shape index (κ3) is 3.19. The second-order valence-electron chi connectivity index (χ2n) is 9.77. The minimum atomic E-state index is 0. The summed E-state index contributed by atoms with van der Waals surface area (Å²) in [5.41, 5.74) is 6.13. The quantitative estimate of drug-likeness (QED) is 0.170. The van der Waals surface area contributed by atoms with E-state index in [2.05, 4.69) is 144 Å². The summed E-state index contributed by atoms with van der Waals surface area (Å²) in [5.74, 6) is 0. The smallest absolute Gasteiger partial charge is 0.0541 e. The van der Waals surface area contributed by atoms with Gasteiger partial charge in [-0.15, -0.1) is 0 Å². The summed E-state index contributed by atoms with van der Waals surface area (Å²) in [6, 6.07) is 50.8. The lowest BCUT2D eigenvalue weighted by molar-refractivity contribution is 1.18. The van der Waals surface area contributed by atoms with E-state index < -0.39 is 0 Å². The van der Waals surface area contributed by atoms with E-state index in [1.54, 1.807) is 0 Å². The normalized spacial score (nSPS) is 11.5. The van der Waals surface area contributed by atoms with Crippen molar-refractivity contribution in [1.29, 1.82) is 0 Å². The molecule has 0 radical (unpaired) electrons. The largest absolute Gasteiger partial charge is 0.358 e. The molecular formula is C37H26N-. The summed E-state index contributed by atoms with van der Waals surface area (Å²) in [5, 5.41) is 10.4. The van der Waals surface area contributed by atoms with Crippen molar-refractivity contribution in [2.75, 3.05) is 0 Å². The van der Waals surface area contributed by atoms with Gasteiger partial charge in [0.25, 0.3) is 0 Å². The van der Waals surface area contributed by atoms with Crippen LogP contribution >= 0.6 is 0 Å². The molecule has 8 rings (SSSR count). The van der Waals surface area contributed by atoms with Crippen LogP contribution in [-0.2, 0) is 0 Å². The molecule has 0 amide bonds. The molecule has 0 aliphatic rings. The standard InChI is InChI=1S/C36H23N.CH3/c1-2-10-26(11-3-1)37-35-17-9-8-16-32(35)34-23-25(19-21-36(34)37)24-18-20-31-29-14-5-4-12-27(29)28-13-6-7-15-30(28)33(31)22-24;/h1-23H;1H3/q;-1. The summed E-state index contributed by atoms with van der Waals surface area (Å²) in [6.07, 6.45) is 0. The molecule has 0 aliphatic carbocycles. The van der Waals surface area contributed by atoms with Gasteiger partial charge in [-0.25, -0.2) is 0 Å². The van der Waals surface area contributed by atoms with E-state index in [0.29, 0.717) is 0 Å². The van der Waals surface area contributed by atoms with Gasteiger partial charge in [-0.05, 0) is 79.8 Å². The number of hydrogen-bond acceptors (Lipinski definition) is 0. The molecule has 1 nitrogen and oxygen atoms in total. The van der Waals surface area contributed by atoms with Crippen LogP contribution in [0, 0.1) is 7.43 Å². The van der Waals surface area contributed by atoms with Gasteiger partial charge < -0.3 is 12.0 Å². The van der Waals surface area contributed by atoms with Crippen molar-refractivity contribution in [2.24, 2.45) is 0 Å². The molecule has 0 aliphatic heterocycles. The molecule has 1 aromatic heterocycles. The van der Waals surface area contributed by atoms with Crippen LogP contribution in [0.15, 0.2) is 140 Å². The highest BCUT2D eigenvalue weighted by atomic mass is 15.0. The van der Waals surface area contributed by atoms with Crippen molar-refractivity contribution in [3.8, 4) is 16.8 Å². The van der Waals surface area contributed by atoms with Crippen LogP contribution in [-0.4, -0.2) is 4.57 Å². The molecule has 0 spiro atoms. The summed E-state index contributed by atoms with van der Waals surface area (Å²) in [4.78, 5) is 0. The molecular weight excluding hydrogens is 458 g/mol. The number of hydrogen-bond donors (Lipinski definition) is 0. The van der Waals surface area contributed by atoms with Crippen molar-refractivity contribution < 1.29 is 0 Å². The molecule has 0 unspecified atom stereocenters. The predicted octanol–water partition coefficient (Wildman–Crippen LogP) is 10.4. The van der Waals surface area contributed by atoms with Gasteiger partial charge in [0.05, 0.1) is 11.0 Å². The maximum Gasteiger partial charge on any atom is 0.0541 e. The van der Waals surface area contributed by atoms with Gasteiger partial charge >= 0.3 is 0 Å². The summed E-state index contributed by atoms with van der Waals surface area (Å²) >= 11 is 0. The number of aromatic nitrogens is 1. The zero-order valence-electron chi connectivity index (χ0n) is 21.2. The van der Waals surface area contributed by atoms with E-state index in [4.69, 9.17) is 0 Å². The molecule has 0 fully saturated rings. The van der Waals surface area contributed by atoms with Crippen LogP contribution in [0.5, 0.6) is 0 Å². The highest BCUT2D eigenvalue weighted by Crippen LogP contribution is 2.39. The van der Waals surface area contributed by atoms with Crippen LogP contribution in [0.1, 0.15) is 0 Å². The first kappa shape index (κ1) is 22.3. The minimum absolute atomic E-state index is 0. The van der Waals surface area contributed by atoms with Gasteiger partial charge in [-0.3, -0.25) is 0 Å². The Bertz CT molecular complexity index is 2100. The molecule has 0 atom stereocenters. The Labute approximate surface area is 222 Å². The summed E-state index contributed by atoms with van der Waals surface area (Å²) < 4.78 is 2.37. The van der Waals surface area contributed by atoms with Crippen molar-refractivity contribution >= 4 is 54.1 Å². The van der Waals surface area contributed by atoms with Crippen LogP contribution in [0.2, 0.25) is 0 Å². The van der Waals surface area contributed by atoms with Gasteiger partial charge in [-0.2, -0.15) is 0 Å². The lowest BCUT2D eigenvalue weighted by atomic mass is 9.92. The van der Waals surface area contributed by atoms with Crippen molar-refractivity contribution in [3.05, 3.63) is 147 Å². The summed E-state index contributed by atoms with van der Waals surface area (Å²) in [6.45, 7) is 0. The van der Waals surface area contributed by atoms with E-state index in [0.717, 1.165) is 0 Å². The fraction of sp³-hybridized carbons (Fsp3) is 0. The monoisotopic (exact) mass is 484 g/mol. The summed E-state index contributed by atoms with van der Waals surface area (Å²) in [7, 11) is 0. The SMILES string of the molecule is [CH3-].c1ccc(-n2c3ccccc3c3cc(-c4ccc5c6ccccc6c6ccccc6c5c4)ccc32)cc1. The van der Waals surface area contributed by atoms with Crippen LogP contribution in [0.4, 0.5) is 0 Å². The Morgan fingerprint density at radius 2 is 0.763 bits per heavy atom. The van der Waals surface area contributed by atoms with Gasteiger partial charge in [-0.1, -0.05) is 103 Å². The predicted molar refractivity (Wildman–Crippen MR) is 165 cm³/mol. The lowest BCUT2D eigenvalue weighted by Crippen LogP contribution is -1.92. The fourth-order valence-electron chi connectivity index (χ4n) is 6.09. The van der Waals surface area contributed by atoms with Crippen molar-refractivity contribution in [1.82, 2.24) is 4.57 Å². The third-order valence-electron chi connectivity index (χ3n) is 7.76. The maximum atomic E-state index is 2.38. The minimum Gasteiger partial charge on any atom is -0.358 e. The molecule has 0 N–H and O–H groups in total. The molecule has 1 heterocycles. The molecule has 0 saturated heterocycles. The maximum absolute atomic E-state index is 2.38.